The average molecular weight is 331 g/mol. The van der Waals surface area contributed by atoms with Crippen molar-refractivity contribution in [3.63, 3.8) is 0 Å². The van der Waals surface area contributed by atoms with Crippen LogP contribution in [0.15, 0.2) is 45.9 Å². The summed E-state index contributed by atoms with van der Waals surface area (Å²) in [6, 6.07) is 6.54. The molecule has 7 nitrogen and oxygen atoms in total. The van der Waals surface area contributed by atoms with Crippen molar-refractivity contribution in [2.24, 2.45) is 0 Å². The first-order valence-electron chi connectivity index (χ1n) is 8.03. The second kappa shape index (κ2) is 7.94. The number of carbonyl (C=O) groups excluding carboxylic acids is 1. The summed E-state index contributed by atoms with van der Waals surface area (Å²) in [5.74, 6) is 0.454. The molecule has 1 aliphatic heterocycles. The molecule has 0 spiro atoms. The van der Waals surface area contributed by atoms with Crippen LogP contribution in [-0.2, 0) is 17.8 Å². The summed E-state index contributed by atoms with van der Waals surface area (Å²) in [7, 11) is 0. The predicted molar refractivity (Wildman–Crippen MR) is 87.8 cm³/mol. The first-order valence-corrected chi connectivity index (χ1v) is 8.03. The number of rotatable bonds is 6. The van der Waals surface area contributed by atoms with E-state index in [1.807, 2.05) is 0 Å². The molecule has 2 aromatic heterocycles. The van der Waals surface area contributed by atoms with Crippen molar-refractivity contribution >= 4 is 5.91 Å². The van der Waals surface area contributed by atoms with E-state index in [1.54, 1.807) is 35.2 Å². The number of furan rings is 1. The van der Waals surface area contributed by atoms with Crippen molar-refractivity contribution in [1.29, 1.82) is 0 Å². The van der Waals surface area contributed by atoms with Crippen LogP contribution in [0.5, 0.6) is 0 Å². The van der Waals surface area contributed by atoms with Crippen molar-refractivity contribution in [3.05, 3.63) is 58.4 Å². The fourth-order valence-electron chi connectivity index (χ4n) is 2.60. The second-order valence-electron chi connectivity index (χ2n) is 5.67. The number of ether oxygens (including phenoxy) is 1. The molecule has 1 saturated heterocycles. The van der Waals surface area contributed by atoms with E-state index >= 15 is 0 Å². The first-order chi connectivity index (χ1) is 11.7. The molecule has 0 unspecified atom stereocenters. The molecule has 0 aliphatic carbocycles. The maximum absolute atomic E-state index is 12.2. The van der Waals surface area contributed by atoms with E-state index in [0.29, 0.717) is 24.4 Å². The van der Waals surface area contributed by atoms with Crippen LogP contribution in [0.4, 0.5) is 0 Å². The van der Waals surface area contributed by atoms with Gasteiger partial charge in [0.2, 0.25) is 0 Å². The highest BCUT2D eigenvalue weighted by molar-refractivity contribution is 5.93. The Bertz CT molecular complexity index is 718. The Morgan fingerprint density at radius 3 is 2.75 bits per heavy atom. The lowest BCUT2D eigenvalue weighted by Crippen LogP contribution is -2.39. The van der Waals surface area contributed by atoms with Crippen LogP contribution >= 0.6 is 0 Å². The van der Waals surface area contributed by atoms with Gasteiger partial charge in [-0.2, -0.15) is 0 Å². The summed E-state index contributed by atoms with van der Waals surface area (Å²) < 4.78 is 12.1. The van der Waals surface area contributed by atoms with Crippen LogP contribution in [0, 0.1) is 0 Å². The monoisotopic (exact) mass is 331 g/mol. The van der Waals surface area contributed by atoms with Crippen LogP contribution < -0.4 is 10.9 Å². The molecule has 0 atom stereocenters. The van der Waals surface area contributed by atoms with Crippen molar-refractivity contribution in [1.82, 2.24) is 14.8 Å². The van der Waals surface area contributed by atoms with Gasteiger partial charge in [-0.25, -0.2) is 0 Å². The molecule has 3 heterocycles. The second-order valence-corrected chi connectivity index (χ2v) is 5.67. The minimum atomic E-state index is -0.230. The van der Waals surface area contributed by atoms with Gasteiger partial charge in [0.05, 0.1) is 31.6 Å². The van der Waals surface area contributed by atoms with Crippen LogP contribution in [0.1, 0.15) is 16.1 Å². The van der Waals surface area contributed by atoms with E-state index in [4.69, 9.17) is 9.15 Å². The number of hydrogen-bond donors (Lipinski definition) is 1. The fourth-order valence-corrected chi connectivity index (χ4v) is 2.60. The van der Waals surface area contributed by atoms with Gasteiger partial charge in [0, 0.05) is 38.4 Å². The molecular weight excluding hydrogens is 310 g/mol. The van der Waals surface area contributed by atoms with E-state index in [9.17, 15) is 9.59 Å². The quantitative estimate of drug-likeness (QED) is 0.843. The number of amides is 1. The summed E-state index contributed by atoms with van der Waals surface area (Å²) in [6.07, 6.45) is 3.17. The normalized spacial score (nSPS) is 15.3. The van der Waals surface area contributed by atoms with E-state index in [1.165, 1.54) is 6.07 Å². The third-order valence-electron chi connectivity index (χ3n) is 4.01. The number of carbonyl (C=O) groups is 1. The average Bonchev–Trinajstić information content (AvgIpc) is 3.13. The number of hydrogen-bond acceptors (Lipinski definition) is 5. The summed E-state index contributed by atoms with van der Waals surface area (Å²) in [6.45, 7) is 4.84. The highest BCUT2D eigenvalue weighted by Gasteiger charge is 2.12. The molecule has 7 heteroatoms. The summed E-state index contributed by atoms with van der Waals surface area (Å²) >= 11 is 0. The van der Waals surface area contributed by atoms with Gasteiger partial charge >= 0.3 is 0 Å². The van der Waals surface area contributed by atoms with Crippen molar-refractivity contribution < 1.29 is 13.9 Å². The molecule has 24 heavy (non-hydrogen) atoms. The Morgan fingerprint density at radius 2 is 2.00 bits per heavy atom. The molecule has 128 valence electrons. The predicted octanol–water partition coefficient (Wildman–Crippen LogP) is 0.703. The van der Waals surface area contributed by atoms with Crippen molar-refractivity contribution in [2.75, 3.05) is 32.8 Å². The Morgan fingerprint density at radius 1 is 1.17 bits per heavy atom. The summed E-state index contributed by atoms with van der Waals surface area (Å²) in [5, 5.41) is 2.78. The zero-order valence-corrected chi connectivity index (χ0v) is 13.4. The molecule has 1 N–H and O–H groups in total. The number of nitrogens with zero attached hydrogens (tertiary/aromatic N) is 2. The SMILES string of the molecule is O=C(NCc1ccco1)c1ccc(=O)n(CCN2CCOCC2)c1. The Balaban J connectivity index is 1.59. The molecule has 0 bridgehead atoms. The highest BCUT2D eigenvalue weighted by atomic mass is 16.5. The lowest BCUT2D eigenvalue weighted by Gasteiger charge is -2.26. The van der Waals surface area contributed by atoms with Gasteiger partial charge in [-0.3, -0.25) is 14.5 Å². The summed E-state index contributed by atoms with van der Waals surface area (Å²) in [5.41, 5.74) is 0.356. The standard InChI is InChI=1S/C17H21N3O4/c21-16-4-3-14(17(22)18-12-15-2-1-9-24-15)13-20(16)6-5-19-7-10-23-11-8-19/h1-4,9,13H,5-8,10-12H2,(H,18,22). The van der Waals surface area contributed by atoms with Gasteiger partial charge in [0.1, 0.15) is 5.76 Å². The van der Waals surface area contributed by atoms with Crippen LogP contribution in [0.25, 0.3) is 0 Å². The number of morpholine rings is 1. The molecule has 3 rings (SSSR count). The molecule has 1 amide bonds. The Hall–Kier alpha value is -2.38. The number of pyridine rings is 1. The molecule has 1 fully saturated rings. The molecule has 1 aliphatic rings. The van der Waals surface area contributed by atoms with Gasteiger partial charge in [-0.1, -0.05) is 0 Å². The molecule has 0 saturated carbocycles. The van der Waals surface area contributed by atoms with Gasteiger partial charge in [-0.15, -0.1) is 0 Å². The maximum atomic E-state index is 12.2. The molecular formula is C17H21N3O4. The van der Waals surface area contributed by atoms with E-state index in [0.717, 1.165) is 32.8 Å². The zero-order chi connectivity index (χ0) is 16.8. The fraction of sp³-hybridized carbons (Fsp3) is 0.412. The lowest BCUT2D eigenvalue weighted by molar-refractivity contribution is 0.0363. The maximum Gasteiger partial charge on any atom is 0.253 e. The lowest BCUT2D eigenvalue weighted by atomic mass is 10.2. The van der Waals surface area contributed by atoms with Gasteiger partial charge < -0.3 is 19.0 Å². The Kier molecular flexibility index (Phi) is 5.45. The van der Waals surface area contributed by atoms with Crippen molar-refractivity contribution in [2.45, 2.75) is 13.1 Å². The summed E-state index contributed by atoms with van der Waals surface area (Å²) in [4.78, 5) is 26.4. The van der Waals surface area contributed by atoms with E-state index in [-0.39, 0.29) is 11.5 Å². The zero-order valence-electron chi connectivity index (χ0n) is 13.4. The molecule has 0 radical (unpaired) electrons. The first kappa shape index (κ1) is 16.5. The topological polar surface area (TPSA) is 76.7 Å². The number of nitrogens with one attached hydrogen (secondary N) is 1. The molecule has 0 aromatic carbocycles. The molecule has 2 aromatic rings. The largest absolute Gasteiger partial charge is 0.467 e. The smallest absolute Gasteiger partial charge is 0.253 e. The van der Waals surface area contributed by atoms with Gasteiger partial charge in [0.15, 0.2) is 0 Å². The van der Waals surface area contributed by atoms with Crippen LogP contribution in [0.2, 0.25) is 0 Å². The van der Waals surface area contributed by atoms with Gasteiger partial charge in [0.25, 0.3) is 11.5 Å². The van der Waals surface area contributed by atoms with Gasteiger partial charge in [-0.05, 0) is 18.2 Å². The number of aromatic nitrogens is 1. The van der Waals surface area contributed by atoms with E-state index < -0.39 is 0 Å². The minimum absolute atomic E-state index is 0.106. The van der Waals surface area contributed by atoms with E-state index in [2.05, 4.69) is 10.2 Å². The van der Waals surface area contributed by atoms with Crippen molar-refractivity contribution in [3.8, 4) is 0 Å². The van der Waals surface area contributed by atoms with Crippen LogP contribution in [-0.4, -0.2) is 48.2 Å². The third kappa shape index (κ3) is 4.33. The highest BCUT2D eigenvalue weighted by Crippen LogP contribution is 2.02. The minimum Gasteiger partial charge on any atom is -0.467 e. The van der Waals surface area contributed by atoms with Crippen LogP contribution in [0.3, 0.4) is 0 Å². The Labute approximate surface area is 139 Å². The third-order valence-corrected chi connectivity index (χ3v) is 4.01.